The van der Waals surface area contributed by atoms with Crippen molar-refractivity contribution in [2.75, 3.05) is 0 Å². The highest BCUT2D eigenvalue weighted by molar-refractivity contribution is 9.10. The molecule has 0 spiro atoms. The molecule has 1 unspecified atom stereocenters. The number of carbonyl (C=O) groups excluding carboxylic acids is 1. The maximum Gasteiger partial charge on any atom is 0.232 e. The van der Waals surface area contributed by atoms with E-state index in [9.17, 15) is 4.79 Å². The summed E-state index contributed by atoms with van der Waals surface area (Å²) in [5.41, 5.74) is 4.84. The number of carbonyl (C=O) groups is 1. The van der Waals surface area contributed by atoms with E-state index in [0.717, 1.165) is 0 Å². The van der Waals surface area contributed by atoms with Gasteiger partial charge in [-0.25, -0.2) is 0 Å². The second kappa shape index (κ2) is 3.50. The molecule has 44 valence electrons. The number of halogens is 1. The molecule has 2 N–H and O–H groups in total. The van der Waals surface area contributed by atoms with Crippen molar-refractivity contribution in [1.29, 1.82) is 0 Å². The highest BCUT2D eigenvalue weighted by Gasteiger charge is 2.06. The molecular formula is C5H6BrNO. The molecule has 3 heteroatoms. The van der Waals surface area contributed by atoms with Crippen molar-refractivity contribution in [3.05, 3.63) is 0 Å². The van der Waals surface area contributed by atoms with Gasteiger partial charge < -0.3 is 5.73 Å². The highest BCUT2D eigenvalue weighted by Crippen LogP contribution is 2.01. The summed E-state index contributed by atoms with van der Waals surface area (Å²) in [5, 5.41) is 0. The van der Waals surface area contributed by atoms with E-state index >= 15 is 0 Å². The molecule has 0 heterocycles. The molecule has 0 aliphatic carbocycles. The highest BCUT2D eigenvalue weighted by atomic mass is 79.9. The van der Waals surface area contributed by atoms with E-state index in [0.29, 0.717) is 6.42 Å². The minimum Gasteiger partial charge on any atom is -0.369 e. The number of rotatable bonds is 2. The molecule has 0 saturated heterocycles. The van der Waals surface area contributed by atoms with Gasteiger partial charge in [-0.15, -0.1) is 12.3 Å². The first-order chi connectivity index (χ1) is 3.68. The summed E-state index contributed by atoms with van der Waals surface area (Å²) in [5.74, 6) is 1.89. The van der Waals surface area contributed by atoms with Crippen LogP contribution in [0.2, 0.25) is 0 Å². The zero-order chi connectivity index (χ0) is 6.57. The van der Waals surface area contributed by atoms with Gasteiger partial charge in [0.05, 0.1) is 0 Å². The molecule has 1 amide bonds. The lowest BCUT2D eigenvalue weighted by molar-refractivity contribution is -0.117. The van der Waals surface area contributed by atoms with Crippen molar-refractivity contribution in [3.8, 4) is 12.3 Å². The molecule has 0 radical (unpaired) electrons. The summed E-state index contributed by atoms with van der Waals surface area (Å²) in [4.78, 5) is 9.80. The van der Waals surface area contributed by atoms with Gasteiger partial charge in [0.15, 0.2) is 0 Å². The normalized spacial score (nSPS) is 12.0. The Bertz CT molecular complexity index is 127. The molecule has 1 atom stereocenters. The lowest BCUT2D eigenvalue weighted by atomic mass is 10.3. The number of alkyl halides is 1. The summed E-state index contributed by atoms with van der Waals surface area (Å²) in [6, 6.07) is 0. The van der Waals surface area contributed by atoms with E-state index in [2.05, 4.69) is 21.9 Å². The van der Waals surface area contributed by atoms with Crippen molar-refractivity contribution in [3.63, 3.8) is 0 Å². The number of terminal acetylenes is 1. The Kier molecular flexibility index (Phi) is 3.29. The zero-order valence-corrected chi connectivity index (χ0v) is 5.81. The first-order valence-corrected chi connectivity index (χ1v) is 2.97. The van der Waals surface area contributed by atoms with E-state index in [1.165, 1.54) is 0 Å². The van der Waals surface area contributed by atoms with Crippen LogP contribution in [0.5, 0.6) is 0 Å². The molecular weight excluding hydrogens is 170 g/mol. The van der Waals surface area contributed by atoms with Gasteiger partial charge in [-0.1, -0.05) is 15.9 Å². The van der Waals surface area contributed by atoms with Gasteiger partial charge in [-0.3, -0.25) is 4.79 Å². The van der Waals surface area contributed by atoms with Crippen LogP contribution in [0, 0.1) is 12.3 Å². The van der Waals surface area contributed by atoms with Crippen LogP contribution < -0.4 is 5.73 Å². The van der Waals surface area contributed by atoms with E-state index in [1.54, 1.807) is 0 Å². The van der Waals surface area contributed by atoms with Crippen LogP contribution >= 0.6 is 15.9 Å². The zero-order valence-electron chi connectivity index (χ0n) is 4.23. The smallest absolute Gasteiger partial charge is 0.232 e. The van der Waals surface area contributed by atoms with Gasteiger partial charge in [0.25, 0.3) is 0 Å². The SMILES string of the molecule is C#CCC(Br)C(N)=O. The fraction of sp³-hybridized carbons (Fsp3) is 0.400. The van der Waals surface area contributed by atoms with Gasteiger partial charge in [-0.2, -0.15) is 0 Å². The van der Waals surface area contributed by atoms with E-state index in [1.807, 2.05) is 0 Å². The number of primary amides is 1. The average Bonchev–Trinajstić information content (AvgIpc) is 1.67. The van der Waals surface area contributed by atoms with Crippen molar-refractivity contribution in [2.45, 2.75) is 11.2 Å². The third kappa shape index (κ3) is 2.64. The second-order valence-corrected chi connectivity index (χ2v) is 2.38. The van der Waals surface area contributed by atoms with Crippen LogP contribution in [-0.2, 0) is 4.79 Å². The van der Waals surface area contributed by atoms with Crippen molar-refractivity contribution < 1.29 is 4.79 Å². The van der Waals surface area contributed by atoms with Gasteiger partial charge in [0, 0.05) is 6.42 Å². The van der Waals surface area contributed by atoms with Crippen LogP contribution in [0.25, 0.3) is 0 Å². The van der Waals surface area contributed by atoms with Gasteiger partial charge >= 0.3 is 0 Å². The predicted octanol–water partition coefficient (Wildman–Crippen LogP) is 0.259. The maximum atomic E-state index is 10.2. The Morgan fingerprint density at radius 2 is 2.50 bits per heavy atom. The Labute approximate surface area is 56.6 Å². The first-order valence-electron chi connectivity index (χ1n) is 2.05. The lowest BCUT2D eigenvalue weighted by Gasteiger charge is -1.95. The minimum atomic E-state index is -0.414. The molecule has 0 aliphatic heterocycles. The molecule has 8 heavy (non-hydrogen) atoms. The van der Waals surface area contributed by atoms with Crippen LogP contribution in [-0.4, -0.2) is 10.7 Å². The summed E-state index contributed by atoms with van der Waals surface area (Å²) in [6.45, 7) is 0. The monoisotopic (exact) mass is 175 g/mol. The van der Waals surface area contributed by atoms with Gasteiger partial charge in [0.1, 0.15) is 4.83 Å². The van der Waals surface area contributed by atoms with E-state index in [4.69, 9.17) is 12.2 Å². The molecule has 0 aromatic carbocycles. The molecule has 0 rings (SSSR count). The molecule has 2 nitrogen and oxygen atoms in total. The number of hydrogen-bond donors (Lipinski definition) is 1. The quantitative estimate of drug-likeness (QED) is 0.475. The summed E-state index contributed by atoms with van der Waals surface area (Å²) >= 11 is 2.99. The topological polar surface area (TPSA) is 43.1 Å². The predicted molar refractivity (Wildman–Crippen MR) is 35.4 cm³/mol. The minimum absolute atomic E-state index is 0.356. The molecule has 0 aromatic heterocycles. The molecule has 0 fully saturated rings. The van der Waals surface area contributed by atoms with Crippen molar-refractivity contribution >= 4 is 21.8 Å². The van der Waals surface area contributed by atoms with Gasteiger partial charge in [-0.05, 0) is 0 Å². The maximum absolute atomic E-state index is 10.2. The second-order valence-electron chi connectivity index (χ2n) is 1.28. The largest absolute Gasteiger partial charge is 0.369 e. The Morgan fingerprint density at radius 3 is 2.62 bits per heavy atom. The van der Waals surface area contributed by atoms with Crippen molar-refractivity contribution in [2.24, 2.45) is 5.73 Å². The Morgan fingerprint density at radius 1 is 2.00 bits per heavy atom. The standard InChI is InChI=1S/C5H6BrNO/c1-2-3-4(6)5(7)8/h1,4H,3H2,(H2,7,8). The number of hydrogen-bond acceptors (Lipinski definition) is 1. The Hall–Kier alpha value is -0.490. The summed E-state index contributed by atoms with van der Waals surface area (Å²) in [6.07, 6.45) is 5.24. The molecule has 0 saturated carbocycles. The lowest BCUT2D eigenvalue weighted by Crippen LogP contribution is -2.22. The van der Waals surface area contributed by atoms with E-state index in [-0.39, 0.29) is 4.83 Å². The molecule has 0 bridgehead atoms. The number of nitrogens with two attached hydrogens (primary N) is 1. The molecule has 0 aromatic rings. The van der Waals surface area contributed by atoms with Gasteiger partial charge in [0.2, 0.25) is 5.91 Å². The third-order valence-corrected chi connectivity index (χ3v) is 1.38. The van der Waals surface area contributed by atoms with Crippen LogP contribution in [0.4, 0.5) is 0 Å². The van der Waals surface area contributed by atoms with Crippen LogP contribution in [0.1, 0.15) is 6.42 Å². The summed E-state index contributed by atoms with van der Waals surface area (Å²) in [7, 11) is 0. The van der Waals surface area contributed by atoms with Crippen molar-refractivity contribution in [1.82, 2.24) is 0 Å². The Balaban J connectivity index is 3.52. The average molecular weight is 176 g/mol. The first kappa shape index (κ1) is 7.51. The van der Waals surface area contributed by atoms with E-state index < -0.39 is 5.91 Å². The third-order valence-electron chi connectivity index (χ3n) is 0.606. The van der Waals surface area contributed by atoms with Crippen LogP contribution in [0.3, 0.4) is 0 Å². The summed E-state index contributed by atoms with van der Waals surface area (Å²) < 4.78 is 0. The van der Waals surface area contributed by atoms with Crippen LogP contribution in [0.15, 0.2) is 0 Å². The number of amides is 1. The fourth-order valence-electron chi connectivity index (χ4n) is 0.204. The molecule has 0 aliphatic rings. The fourth-order valence-corrected chi connectivity index (χ4v) is 0.391.